The van der Waals surface area contributed by atoms with Crippen LogP contribution in [0.4, 0.5) is 0 Å². The third-order valence-electron chi connectivity index (χ3n) is 1.82. The fourth-order valence-electron chi connectivity index (χ4n) is 1.21. The zero-order valence-electron chi connectivity index (χ0n) is 8.01. The molecule has 2 heteroatoms. The molecule has 0 aromatic heterocycles. The topological polar surface area (TPSA) is 9.23 Å². The first kappa shape index (κ1) is 10.6. The molecule has 1 aromatic carbocycles. The number of halogens is 1. The lowest BCUT2D eigenvalue weighted by Crippen LogP contribution is -1.98. The molecule has 0 saturated heterocycles. The molecule has 0 aliphatic heterocycles. The maximum absolute atomic E-state index is 5.54. The minimum absolute atomic E-state index is 0.249. The molecule has 1 aromatic rings. The summed E-state index contributed by atoms with van der Waals surface area (Å²) in [5.41, 5.74) is 1.15. The second kappa shape index (κ2) is 4.66. The van der Waals surface area contributed by atoms with E-state index in [4.69, 9.17) is 4.74 Å². The summed E-state index contributed by atoms with van der Waals surface area (Å²) < 4.78 is 6.54. The lowest BCUT2D eigenvalue weighted by molar-refractivity contribution is 0.333. The molecule has 0 spiro atoms. The van der Waals surface area contributed by atoms with Gasteiger partial charge in [0.15, 0.2) is 0 Å². The summed E-state index contributed by atoms with van der Waals surface area (Å²) in [6, 6.07) is 6.04. The third-order valence-corrected chi connectivity index (χ3v) is 2.44. The quantitative estimate of drug-likeness (QED) is 0.783. The van der Waals surface area contributed by atoms with Crippen molar-refractivity contribution in [3.05, 3.63) is 35.2 Å². The summed E-state index contributed by atoms with van der Waals surface area (Å²) in [6.07, 6.45) is 0. The van der Waals surface area contributed by atoms with E-state index in [0.717, 1.165) is 15.8 Å². The molecule has 0 saturated carbocycles. The Kier molecular flexibility index (Phi) is 3.79. The molecule has 0 aliphatic rings. The first-order valence-electron chi connectivity index (χ1n) is 4.41. The summed E-state index contributed by atoms with van der Waals surface area (Å²) in [5.74, 6) is 1.17. The highest BCUT2D eigenvalue weighted by molar-refractivity contribution is 9.10. The Hall–Kier alpha value is -0.500. The fraction of sp³-hybridized carbons (Fsp3) is 0.364. The molecule has 13 heavy (non-hydrogen) atoms. The van der Waals surface area contributed by atoms with Crippen LogP contribution in [-0.2, 0) is 0 Å². The molecule has 1 nitrogen and oxygen atoms in total. The largest absolute Gasteiger partial charge is 0.492 e. The van der Waals surface area contributed by atoms with Gasteiger partial charge in [0, 0.05) is 0 Å². The van der Waals surface area contributed by atoms with Crippen LogP contribution in [0.5, 0.6) is 5.75 Å². The zero-order valence-corrected chi connectivity index (χ0v) is 9.60. The summed E-state index contributed by atoms with van der Waals surface area (Å²) in [5, 5.41) is 0. The highest BCUT2D eigenvalue weighted by Gasteiger charge is 2.09. The normalized spacial score (nSPS) is 10.5. The maximum atomic E-state index is 5.54. The van der Waals surface area contributed by atoms with Crippen molar-refractivity contribution in [2.24, 2.45) is 0 Å². The van der Waals surface area contributed by atoms with Gasteiger partial charge in [0.1, 0.15) is 5.75 Å². The molecular weight excluding hydrogens is 228 g/mol. The van der Waals surface area contributed by atoms with E-state index in [1.54, 1.807) is 0 Å². The maximum Gasteiger partial charge on any atom is 0.136 e. The molecule has 1 atom stereocenters. The number of hydrogen-bond acceptors (Lipinski definition) is 1. The molecule has 1 unspecified atom stereocenters. The van der Waals surface area contributed by atoms with Gasteiger partial charge in [0.2, 0.25) is 0 Å². The van der Waals surface area contributed by atoms with Gasteiger partial charge in [-0.2, -0.15) is 0 Å². The fourth-order valence-corrected chi connectivity index (χ4v) is 1.71. The predicted octanol–water partition coefficient (Wildman–Crippen LogP) is 3.79. The van der Waals surface area contributed by atoms with Gasteiger partial charge in [-0.15, -0.1) is 0 Å². The molecule has 0 aliphatic carbocycles. The van der Waals surface area contributed by atoms with Crippen molar-refractivity contribution in [2.75, 3.05) is 6.61 Å². The van der Waals surface area contributed by atoms with Crippen molar-refractivity contribution < 1.29 is 4.74 Å². The Bertz CT molecular complexity index is 281. The van der Waals surface area contributed by atoms with Gasteiger partial charge in [-0.25, -0.2) is 0 Å². The van der Waals surface area contributed by atoms with E-state index in [1.807, 2.05) is 25.1 Å². The van der Waals surface area contributed by atoms with Crippen molar-refractivity contribution in [3.63, 3.8) is 0 Å². The van der Waals surface area contributed by atoms with Gasteiger partial charge < -0.3 is 4.74 Å². The molecule has 1 rings (SSSR count). The Morgan fingerprint density at radius 1 is 1.54 bits per heavy atom. The van der Waals surface area contributed by atoms with E-state index in [0.29, 0.717) is 6.61 Å². The second-order valence-electron chi connectivity index (χ2n) is 2.99. The van der Waals surface area contributed by atoms with Gasteiger partial charge in [0.05, 0.1) is 11.1 Å². The van der Waals surface area contributed by atoms with Crippen LogP contribution < -0.4 is 4.74 Å². The Labute approximate surface area is 88.2 Å². The van der Waals surface area contributed by atoms with Crippen LogP contribution in [0.3, 0.4) is 0 Å². The van der Waals surface area contributed by atoms with E-state index < -0.39 is 0 Å². The lowest BCUT2D eigenvalue weighted by atomic mass is 10.0. The molecule has 1 radical (unpaired) electrons. The third kappa shape index (κ3) is 2.47. The highest BCUT2D eigenvalue weighted by atomic mass is 79.9. The zero-order chi connectivity index (χ0) is 9.84. The number of hydrogen-bond donors (Lipinski definition) is 0. The number of ether oxygens (including phenoxy) is 1. The molecule has 0 bridgehead atoms. The monoisotopic (exact) mass is 241 g/mol. The van der Waals surface area contributed by atoms with E-state index in [2.05, 4.69) is 29.8 Å². The standard InChI is InChI=1S/C11H14BrO/c1-4-13-11-9(8(2)3)6-5-7-10(11)12/h5-8H,2,4H2,1,3H3. The SMILES string of the molecule is [CH2]C(C)c1cccc(Br)c1OCC. The molecule has 71 valence electrons. The van der Waals surface area contributed by atoms with Crippen LogP contribution in [0.15, 0.2) is 22.7 Å². The first-order valence-corrected chi connectivity index (χ1v) is 5.20. The van der Waals surface area contributed by atoms with Crippen molar-refractivity contribution in [1.29, 1.82) is 0 Å². The highest BCUT2D eigenvalue weighted by Crippen LogP contribution is 2.33. The minimum atomic E-state index is 0.249. The molecule has 0 amide bonds. The number of rotatable bonds is 3. The van der Waals surface area contributed by atoms with Crippen molar-refractivity contribution in [2.45, 2.75) is 19.8 Å². The molecule has 0 heterocycles. The second-order valence-corrected chi connectivity index (χ2v) is 3.85. The molecular formula is C11H14BrO. The molecule has 0 fully saturated rings. The van der Waals surface area contributed by atoms with Crippen LogP contribution in [0, 0.1) is 6.92 Å². The van der Waals surface area contributed by atoms with Gasteiger partial charge in [-0.05, 0) is 47.3 Å². The van der Waals surface area contributed by atoms with Crippen molar-refractivity contribution in [3.8, 4) is 5.75 Å². The van der Waals surface area contributed by atoms with Gasteiger partial charge in [-0.3, -0.25) is 0 Å². The van der Waals surface area contributed by atoms with Gasteiger partial charge in [0.25, 0.3) is 0 Å². The Balaban J connectivity index is 3.09. The van der Waals surface area contributed by atoms with Crippen LogP contribution in [0.1, 0.15) is 25.3 Å². The number of para-hydroxylation sites is 1. The van der Waals surface area contributed by atoms with E-state index in [1.165, 1.54) is 0 Å². The van der Waals surface area contributed by atoms with Gasteiger partial charge >= 0.3 is 0 Å². The molecule has 0 N–H and O–H groups in total. The van der Waals surface area contributed by atoms with E-state index >= 15 is 0 Å². The first-order chi connectivity index (χ1) is 6.16. The summed E-state index contributed by atoms with van der Waals surface area (Å²) in [6.45, 7) is 8.72. The summed E-state index contributed by atoms with van der Waals surface area (Å²) >= 11 is 3.46. The Morgan fingerprint density at radius 2 is 2.23 bits per heavy atom. The van der Waals surface area contributed by atoms with Gasteiger partial charge in [-0.1, -0.05) is 19.1 Å². The van der Waals surface area contributed by atoms with Crippen LogP contribution in [-0.4, -0.2) is 6.61 Å². The number of benzene rings is 1. The predicted molar refractivity (Wildman–Crippen MR) is 59.1 cm³/mol. The average molecular weight is 242 g/mol. The summed E-state index contributed by atoms with van der Waals surface area (Å²) in [4.78, 5) is 0. The van der Waals surface area contributed by atoms with E-state index in [-0.39, 0.29) is 5.92 Å². The minimum Gasteiger partial charge on any atom is -0.492 e. The Morgan fingerprint density at radius 3 is 2.77 bits per heavy atom. The van der Waals surface area contributed by atoms with Crippen molar-refractivity contribution in [1.82, 2.24) is 0 Å². The van der Waals surface area contributed by atoms with E-state index in [9.17, 15) is 0 Å². The van der Waals surface area contributed by atoms with Crippen LogP contribution in [0.2, 0.25) is 0 Å². The lowest BCUT2D eigenvalue weighted by Gasteiger charge is -2.14. The van der Waals surface area contributed by atoms with Crippen LogP contribution in [0.25, 0.3) is 0 Å². The van der Waals surface area contributed by atoms with Crippen LogP contribution >= 0.6 is 15.9 Å². The average Bonchev–Trinajstić information content (AvgIpc) is 2.08. The summed E-state index contributed by atoms with van der Waals surface area (Å²) in [7, 11) is 0. The van der Waals surface area contributed by atoms with Crippen molar-refractivity contribution >= 4 is 15.9 Å². The smallest absolute Gasteiger partial charge is 0.136 e.